The van der Waals surface area contributed by atoms with Gasteiger partial charge in [-0.25, -0.2) is 0 Å². The van der Waals surface area contributed by atoms with Gasteiger partial charge < -0.3 is 15.4 Å². The third-order valence-electron chi connectivity index (χ3n) is 2.37. The number of rotatable bonds is 7. The summed E-state index contributed by atoms with van der Waals surface area (Å²) >= 11 is 0. The molecule has 1 rings (SSSR count). The molecule has 1 amide bonds. The SMILES string of the molecule is CCOC(=O)CCNCC(=O)Nc1cccc(C#N)c1. The predicted octanol–water partition coefficient (Wildman–Crippen LogP) is 1.04. The fraction of sp³-hybridized carbons (Fsp3) is 0.357. The van der Waals surface area contributed by atoms with Crippen molar-refractivity contribution in [2.75, 3.05) is 25.0 Å². The lowest BCUT2D eigenvalue weighted by Gasteiger charge is -2.07. The highest BCUT2D eigenvalue weighted by molar-refractivity contribution is 5.92. The molecule has 0 aliphatic carbocycles. The van der Waals surface area contributed by atoms with E-state index in [9.17, 15) is 9.59 Å². The standard InChI is InChI=1S/C14H17N3O3/c1-2-20-14(19)6-7-16-10-13(18)17-12-5-3-4-11(8-12)9-15/h3-5,8,16H,2,6-7,10H2,1H3,(H,17,18). The van der Waals surface area contributed by atoms with E-state index in [1.807, 2.05) is 6.07 Å². The fourth-order valence-corrected chi connectivity index (χ4v) is 1.50. The summed E-state index contributed by atoms with van der Waals surface area (Å²) in [6.45, 7) is 2.57. The molecule has 20 heavy (non-hydrogen) atoms. The maximum Gasteiger partial charge on any atom is 0.307 e. The molecular formula is C14H17N3O3. The molecule has 0 spiro atoms. The molecular weight excluding hydrogens is 258 g/mol. The van der Waals surface area contributed by atoms with Crippen molar-refractivity contribution in [2.24, 2.45) is 0 Å². The molecule has 0 aliphatic heterocycles. The van der Waals surface area contributed by atoms with Crippen molar-refractivity contribution in [3.63, 3.8) is 0 Å². The number of nitriles is 1. The highest BCUT2D eigenvalue weighted by Crippen LogP contribution is 2.09. The molecule has 1 aromatic rings. The number of hydrogen-bond acceptors (Lipinski definition) is 5. The zero-order chi connectivity index (χ0) is 14.8. The summed E-state index contributed by atoms with van der Waals surface area (Å²) in [5.41, 5.74) is 1.05. The third-order valence-corrected chi connectivity index (χ3v) is 2.37. The van der Waals surface area contributed by atoms with Crippen LogP contribution in [0.1, 0.15) is 18.9 Å². The second-order valence-corrected chi connectivity index (χ2v) is 3.97. The second kappa shape index (κ2) is 8.67. The minimum Gasteiger partial charge on any atom is -0.466 e. The smallest absolute Gasteiger partial charge is 0.307 e. The van der Waals surface area contributed by atoms with Gasteiger partial charge in [-0.3, -0.25) is 9.59 Å². The zero-order valence-corrected chi connectivity index (χ0v) is 11.3. The molecule has 0 heterocycles. The Morgan fingerprint density at radius 3 is 2.90 bits per heavy atom. The molecule has 0 aliphatic rings. The molecule has 2 N–H and O–H groups in total. The van der Waals surface area contributed by atoms with E-state index >= 15 is 0 Å². The number of benzene rings is 1. The molecule has 0 atom stereocenters. The van der Waals surface area contributed by atoms with E-state index in [0.29, 0.717) is 24.4 Å². The largest absolute Gasteiger partial charge is 0.466 e. The van der Waals surface area contributed by atoms with Gasteiger partial charge in [0.15, 0.2) is 0 Å². The number of nitrogens with one attached hydrogen (secondary N) is 2. The number of hydrogen-bond donors (Lipinski definition) is 2. The minimum atomic E-state index is -0.290. The van der Waals surface area contributed by atoms with Crippen LogP contribution in [0.4, 0.5) is 5.69 Å². The zero-order valence-electron chi connectivity index (χ0n) is 11.3. The Labute approximate surface area is 117 Å². The van der Waals surface area contributed by atoms with Gasteiger partial charge in [-0.05, 0) is 25.1 Å². The van der Waals surface area contributed by atoms with Crippen LogP contribution in [0, 0.1) is 11.3 Å². The van der Waals surface area contributed by atoms with Gasteiger partial charge in [0.05, 0.1) is 31.2 Å². The van der Waals surface area contributed by atoms with Crippen molar-refractivity contribution in [3.05, 3.63) is 29.8 Å². The van der Waals surface area contributed by atoms with E-state index in [1.165, 1.54) is 0 Å². The first-order chi connectivity index (χ1) is 9.65. The Morgan fingerprint density at radius 2 is 2.20 bits per heavy atom. The van der Waals surface area contributed by atoms with Crippen molar-refractivity contribution in [1.29, 1.82) is 5.26 Å². The molecule has 0 radical (unpaired) electrons. The number of nitrogens with zero attached hydrogens (tertiary/aromatic N) is 1. The quantitative estimate of drug-likeness (QED) is 0.573. The Balaban J connectivity index is 2.27. The van der Waals surface area contributed by atoms with Crippen molar-refractivity contribution in [3.8, 4) is 6.07 Å². The summed E-state index contributed by atoms with van der Waals surface area (Å²) in [5.74, 6) is -0.522. The van der Waals surface area contributed by atoms with Gasteiger partial charge in [-0.15, -0.1) is 0 Å². The summed E-state index contributed by atoms with van der Waals surface area (Å²) in [5, 5.41) is 14.3. The monoisotopic (exact) mass is 275 g/mol. The Hall–Kier alpha value is -2.39. The van der Waals surface area contributed by atoms with Gasteiger partial charge in [-0.2, -0.15) is 5.26 Å². The Kier molecular flexibility index (Phi) is 6.79. The molecule has 6 nitrogen and oxygen atoms in total. The first kappa shape index (κ1) is 15.7. The third kappa shape index (κ3) is 5.98. The average molecular weight is 275 g/mol. The topological polar surface area (TPSA) is 91.2 Å². The van der Waals surface area contributed by atoms with E-state index in [0.717, 1.165) is 0 Å². The summed E-state index contributed by atoms with van der Waals surface area (Å²) in [7, 11) is 0. The van der Waals surface area contributed by atoms with Crippen LogP contribution in [0.3, 0.4) is 0 Å². The van der Waals surface area contributed by atoms with E-state index in [4.69, 9.17) is 10.00 Å². The lowest BCUT2D eigenvalue weighted by atomic mass is 10.2. The van der Waals surface area contributed by atoms with Gasteiger partial charge in [0, 0.05) is 12.2 Å². The normalized spacial score (nSPS) is 9.60. The molecule has 0 unspecified atom stereocenters. The Bertz CT molecular complexity index is 509. The van der Waals surface area contributed by atoms with E-state index in [-0.39, 0.29) is 24.8 Å². The summed E-state index contributed by atoms with van der Waals surface area (Å²) < 4.78 is 4.76. The first-order valence-corrected chi connectivity index (χ1v) is 6.32. The van der Waals surface area contributed by atoms with Crippen molar-refractivity contribution < 1.29 is 14.3 Å². The minimum absolute atomic E-state index is 0.0934. The number of carbonyl (C=O) groups excluding carboxylic acids is 2. The van der Waals surface area contributed by atoms with Gasteiger partial charge in [0.25, 0.3) is 0 Å². The molecule has 0 saturated heterocycles. The maximum absolute atomic E-state index is 11.6. The second-order valence-electron chi connectivity index (χ2n) is 3.97. The molecule has 106 valence electrons. The summed E-state index contributed by atoms with van der Waals surface area (Å²) in [4.78, 5) is 22.7. The van der Waals surface area contributed by atoms with Crippen LogP contribution in [0.5, 0.6) is 0 Å². The molecule has 1 aromatic carbocycles. The van der Waals surface area contributed by atoms with Gasteiger partial charge in [0.2, 0.25) is 5.91 Å². The lowest BCUT2D eigenvalue weighted by Crippen LogP contribution is -2.29. The highest BCUT2D eigenvalue weighted by atomic mass is 16.5. The van der Waals surface area contributed by atoms with Gasteiger partial charge in [-0.1, -0.05) is 6.07 Å². The van der Waals surface area contributed by atoms with E-state index in [1.54, 1.807) is 31.2 Å². The average Bonchev–Trinajstić information content (AvgIpc) is 2.44. The van der Waals surface area contributed by atoms with Gasteiger partial charge >= 0.3 is 5.97 Å². The van der Waals surface area contributed by atoms with Crippen LogP contribution in [0.25, 0.3) is 0 Å². The van der Waals surface area contributed by atoms with Crippen molar-refractivity contribution >= 4 is 17.6 Å². The maximum atomic E-state index is 11.6. The van der Waals surface area contributed by atoms with E-state index in [2.05, 4.69) is 10.6 Å². The predicted molar refractivity (Wildman–Crippen MR) is 73.9 cm³/mol. The molecule has 0 aromatic heterocycles. The first-order valence-electron chi connectivity index (χ1n) is 6.32. The Morgan fingerprint density at radius 1 is 1.40 bits per heavy atom. The number of carbonyl (C=O) groups is 2. The van der Waals surface area contributed by atoms with Crippen molar-refractivity contribution in [2.45, 2.75) is 13.3 Å². The van der Waals surface area contributed by atoms with Crippen LogP contribution < -0.4 is 10.6 Å². The highest BCUT2D eigenvalue weighted by Gasteiger charge is 2.04. The molecule has 6 heteroatoms. The van der Waals surface area contributed by atoms with Crippen LogP contribution in [0.15, 0.2) is 24.3 Å². The molecule has 0 fully saturated rings. The lowest BCUT2D eigenvalue weighted by molar-refractivity contribution is -0.143. The number of amides is 1. The number of esters is 1. The van der Waals surface area contributed by atoms with Gasteiger partial charge in [0.1, 0.15) is 0 Å². The number of ether oxygens (including phenoxy) is 1. The summed E-state index contributed by atoms with van der Waals surface area (Å²) in [6, 6.07) is 8.66. The van der Waals surface area contributed by atoms with Crippen molar-refractivity contribution in [1.82, 2.24) is 5.32 Å². The van der Waals surface area contributed by atoms with Crippen LogP contribution >= 0.6 is 0 Å². The van der Waals surface area contributed by atoms with Crippen LogP contribution in [0.2, 0.25) is 0 Å². The number of anilines is 1. The molecule has 0 bridgehead atoms. The summed E-state index contributed by atoms with van der Waals surface area (Å²) in [6.07, 6.45) is 0.227. The van der Waals surface area contributed by atoms with Crippen LogP contribution in [-0.2, 0) is 14.3 Å². The van der Waals surface area contributed by atoms with Crippen LogP contribution in [-0.4, -0.2) is 31.6 Å². The fourth-order valence-electron chi connectivity index (χ4n) is 1.50. The molecule has 0 saturated carbocycles. The van der Waals surface area contributed by atoms with E-state index < -0.39 is 0 Å².